The second kappa shape index (κ2) is 9.32. The highest BCUT2D eigenvalue weighted by molar-refractivity contribution is 7.89. The molecule has 9 heteroatoms. The number of hydrogen-bond acceptors (Lipinski definition) is 5. The summed E-state index contributed by atoms with van der Waals surface area (Å²) in [5.41, 5.74) is 0.871. The summed E-state index contributed by atoms with van der Waals surface area (Å²) in [5, 5.41) is 2.84. The molecular weight excluding hydrogens is 428 g/mol. The number of piperidine rings is 1. The van der Waals surface area contributed by atoms with Crippen LogP contribution in [-0.2, 0) is 21.2 Å². The number of aryl methyl sites for hydroxylation is 2. The summed E-state index contributed by atoms with van der Waals surface area (Å²) in [4.78, 5) is 23.9. The van der Waals surface area contributed by atoms with Crippen molar-refractivity contribution in [3.8, 4) is 0 Å². The fraction of sp³-hybridized carbons (Fsp3) is 0.429. The number of rotatable bonds is 7. The summed E-state index contributed by atoms with van der Waals surface area (Å²) in [6.07, 6.45) is 3.11. The maximum atomic E-state index is 12.9. The van der Waals surface area contributed by atoms with Crippen LogP contribution in [-0.4, -0.2) is 37.5 Å². The molecule has 1 aromatic carbocycles. The van der Waals surface area contributed by atoms with E-state index in [1.54, 1.807) is 19.1 Å². The zero-order valence-corrected chi connectivity index (χ0v) is 18.6. The molecule has 1 amide bonds. The number of hydrogen-bond donors (Lipinski definition) is 1. The van der Waals surface area contributed by atoms with Crippen LogP contribution < -0.4 is 5.32 Å². The number of Topliss-reactive ketones (excluding diaryl/α,β-unsaturated/α-hetero) is 1. The van der Waals surface area contributed by atoms with Gasteiger partial charge in [0.15, 0.2) is 5.78 Å². The number of ketones is 1. The first-order valence-electron chi connectivity index (χ1n) is 9.88. The molecule has 1 N–H and O–H groups in total. The Balaban J connectivity index is 1.68. The Morgan fingerprint density at radius 1 is 1.17 bits per heavy atom. The molecule has 0 saturated carbocycles. The van der Waals surface area contributed by atoms with E-state index >= 15 is 0 Å². The van der Waals surface area contributed by atoms with E-state index in [0.29, 0.717) is 42.3 Å². The first-order valence-corrected chi connectivity index (χ1v) is 11.7. The van der Waals surface area contributed by atoms with Crippen LogP contribution in [0.25, 0.3) is 0 Å². The molecule has 162 valence electrons. The minimum absolute atomic E-state index is 0.00312. The van der Waals surface area contributed by atoms with Crippen molar-refractivity contribution in [1.29, 1.82) is 0 Å². The Morgan fingerprint density at radius 2 is 1.87 bits per heavy atom. The number of nitrogens with one attached hydrogen (secondary N) is 1. The Hall–Kier alpha value is -2.16. The molecule has 1 fully saturated rings. The Kier molecular flexibility index (Phi) is 7.00. The minimum atomic E-state index is -3.71. The maximum Gasteiger partial charge on any atom is 0.244 e. The van der Waals surface area contributed by atoms with Gasteiger partial charge in [0.2, 0.25) is 15.9 Å². The molecule has 1 aromatic heterocycles. The van der Waals surface area contributed by atoms with E-state index < -0.39 is 10.0 Å². The summed E-state index contributed by atoms with van der Waals surface area (Å²) in [6.45, 7) is 4.11. The summed E-state index contributed by atoms with van der Waals surface area (Å²) in [5.74, 6) is 0.702. The largest absolute Gasteiger partial charge is 0.466 e. The number of anilines is 1. The van der Waals surface area contributed by atoms with Gasteiger partial charge in [-0.3, -0.25) is 9.59 Å². The number of nitrogens with zero attached hydrogens (tertiary/aromatic N) is 1. The van der Waals surface area contributed by atoms with Crippen molar-refractivity contribution in [2.24, 2.45) is 0 Å². The van der Waals surface area contributed by atoms with Gasteiger partial charge in [-0.05, 0) is 51.0 Å². The summed E-state index contributed by atoms with van der Waals surface area (Å²) >= 11 is 6.16. The lowest BCUT2D eigenvalue weighted by molar-refractivity contribution is -0.116. The molecule has 0 unspecified atom stereocenters. The van der Waals surface area contributed by atoms with Crippen molar-refractivity contribution >= 4 is 39.0 Å². The van der Waals surface area contributed by atoms with Gasteiger partial charge in [0.1, 0.15) is 16.4 Å². The molecule has 2 heterocycles. The standard InChI is InChI=1S/C21H25ClN2O5S/c1-14(25)18-13-17(29-15(18)2)7-9-21(26)23-16-6-8-19(22)20(12-16)30(27,28)24-10-4-3-5-11-24/h6,8,12-13H,3-5,7,9-11H2,1-2H3,(H,23,26). The molecule has 1 saturated heterocycles. The summed E-state index contributed by atoms with van der Waals surface area (Å²) in [7, 11) is -3.71. The van der Waals surface area contributed by atoms with Crippen molar-refractivity contribution in [2.75, 3.05) is 18.4 Å². The molecule has 30 heavy (non-hydrogen) atoms. The Labute approximate surface area is 181 Å². The van der Waals surface area contributed by atoms with Gasteiger partial charge in [0.25, 0.3) is 0 Å². The summed E-state index contributed by atoms with van der Waals surface area (Å²) < 4.78 is 32.8. The van der Waals surface area contributed by atoms with Crippen LogP contribution in [0.1, 0.15) is 54.5 Å². The normalized spacial score (nSPS) is 15.2. The van der Waals surface area contributed by atoms with Crippen LogP contribution in [0.3, 0.4) is 0 Å². The topological polar surface area (TPSA) is 96.7 Å². The lowest BCUT2D eigenvalue weighted by Gasteiger charge is -2.26. The van der Waals surface area contributed by atoms with Gasteiger partial charge < -0.3 is 9.73 Å². The van der Waals surface area contributed by atoms with Gasteiger partial charge in [-0.1, -0.05) is 18.0 Å². The first-order chi connectivity index (χ1) is 14.2. The highest BCUT2D eigenvalue weighted by atomic mass is 35.5. The molecule has 0 radical (unpaired) electrons. The van der Waals surface area contributed by atoms with Crippen LogP contribution >= 0.6 is 11.6 Å². The van der Waals surface area contributed by atoms with E-state index in [-0.39, 0.29) is 28.0 Å². The van der Waals surface area contributed by atoms with Gasteiger partial charge >= 0.3 is 0 Å². The van der Waals surface area contributed by atoms with E-state index in [9.17, 15) is 18.0 Å². The van der Waals surface area contributed by atoms with E-state index in [2.05, 4.69) is 5.32 Å². The predicted molar refractivity (Wildman–Crippen MR) is 114 cm³/mol. The van der Waals surface area contributed by atoms with E-state index in [1.807, 2.05) is 0 Å². The zero-order valence-electron chi connectivity index (χ0n) is 17.0. The zero-order chi connectivity index (χ0) is 21.9. The molecule has 0 bridgehead atoms. The van der Waals surface area contributed by atoms with Gasteiger partial charge in [0.05, 0.1) is 10.6 Å². The van der Waals surface area contributed by atoms with Crippen molar-refractivity contribution < 1.29 is 22.4 Å². The molecule has 3 rings (SSSR count). The van der Waals surface area contributed by atoms with Gasteiger partial charge in [-0.15, -0.1) is 0 Å². The second-order valence-electron chi connectivity index (χ2n) is 7.40. The van der Waals surface area contributed by atoms with E-state index in [4.69, 9.17) is 16.0 Å². The monoisotopic (exact) mass is 452 g/mol. The van der Waals surface area contributed by atoms with Crippen LogP contribution in [0.2, 0.25) is 5.02 Å². The Morgan fingerprint density at radius 3 is 2.50 bits per heavy atom. The number of carbonyl (C=O) groups excluding carboxylic acids is 2. The Bertz CT molecular complexity index is 1060. The van der Waals surface area contributed by atoms with Crippen LogP contribution in [0.5, 0.6) is 0 Å². The SMILES string of the molecule is CC(=O)c1cc(CCC(=O)Nc2ccc(Cl)c(S(=O)(=O)N3CCCCC3)c2)oc1C. The quantitative estimate of drug-likeness (QED) is 0.635. The maximum absolute atomic E-state index is 12.9. The van der Waals surface area contributed by atoms with Crippen molar-refractivity contribution in [3.05, 3.63) is 46.4 Å². The highest BCUT2D eigenvalue weighted by Gasteiger charge is 2.28. The lowest BCUT2D eigenvalue weighted by Crippen LogP contribution is -2.35. The fourth-order valence-corrected chi connectivity index (χ4v) is 5.52. The number of amides is 1. The molecule has 2 aromatic rings. The van der Waals surface area contributed by atoms with Crippen molar-refractivity contribution in [1.82, 2.24) is 4.31 Å². The van der Waals surface area contributed by atoms with Crippen LogP contribution in [0.4, 0.5) is 5.69 Å². The molecule has 1 aliphatic rings. The number of furan rings is 1. The van der Waals surface area contributed by atoms with Crippen LogP contribution in [0, 0.1) is 6.92 Å². The van der Waals surface area contributed by atoms with Gasteiger partial charge in [-0.25, -0.2) is 8.42 Å². The van der Waals surface area contributed by atoms with Crippen molar-refractivity contribution in [3.63, 3.8) is 0 Å². The molecule has 0 atom stereocenters. The second-order valence-corrected chi connectivity index (χ2v) is 9.71. The molecule has 0 aliphatic carbocycles. The third kappa shape index (κ3) is 5.11. The minimum Gasteiger partial charge on any atom is -0.466 e. The average molecular weight is 453 g/mol. The lowest BCUT2D eigenvalue weighted by atomic mass is 10.1. The number of sulfonamides is 1. The molecule has 7 nitrogen and oxygen atoms in total. The van der Waals surface area contributed by atoms with E-state index in [0.717, 1.165) is 19.3 Å². The summed E-state index contributed by atoms with van der Waals surface area (Å²) in [6, 6.07) is 6.09. The molecular formula is C21H25ClN2O5S. The first kappa shape index (κ1) is 22.5. The predicted octanol–water partition coefficient (Wildman–Crippen LogP) is 4.19. The number of benzene rings is 1. The molecule has 1 aliphatic heterocycles. The smallest absolute Gasteiger partial charge is 0.244 e. The molecule has 0 spiro atoms. The average Bonchev–Trinajstić information content (AvgIpc) is 3.09. The number of halogens is 1. The van der Waals surface area contributed by atoms with Crippen LogP contribution in [0.15, 0.2) is 33.6 Å². The third-order valence-corrected chi connectivity index (χ3v) is 7.47. The van der Waals surface area contributed by atoms with E-state index in [1.165, 1.54) is 23.4 Å². The fourth-order valence-electron chi connectivity index (χ4n) is 3.50. The third-order valence-electron chi connectivity index (χ3n) is 5.09. The van der Waals surface area contributed by atoms with Crippen molar-refractivity contribution in [2.45, 2.75) is 50.8 Å². The number of carbonyl (C=O) groups is 2. The van der Waals surface area contributed by atoms with Gasteiger partial charge in [0, 0.05) is 31.6 Å². The highest BCUT2D eigenvalue weighted by Crippen LogP contribution is 2.29. The van der Waals surface area contributed by atoms with Gasteiger partial charge in [-0.2, -0.15) is 4.31 Å².